The fourth-order valence-electron chi connectivity index (χ4n) is 2.16. The van der Waals surface area contributed by atoms with E-state index in [2.05, 4.69) is 16.8 Å². The van der Waals surface area contributed by atoms with Gasteiger partial charge in [0.15, 0.2) is 0 Å². The number of hydrogen-bond acceptors (Lipinski definition) is 4. The minimum atomic E-state index is -1.48. The molecule has 1 aliphatic rings. The smallest absolute Gasteiger partial charge is 0.422 e. The summed E-state index contributed by atoms with van der Waals surface area (Å²) in [5, 5.41) is 18.1. The number of hydrogen-bond donors (Lipinski definition) is 2. The van der Waals surface area contributed by atoms with Crippen molar-refractivity contribution in [3.63, 3.8) is 0 Å². The minimum Gasteiger partial charge on any atom is -0.422 e. The van der Waals surface area contributed by atoms with Gasteiger partial charge in [0.25, 0.3) is 0 Å². The number of aromatic nitrogens is 1. The van der Waals surface area contributed by atoms with E-state index in [1.807, 2.05) is 12.1 Å². The molecule has 1 fully saturated rings. The Morgan fingerprint density at radius 2 is 2.25 bits per heavy atom. The van der Waals surface area contributed by atoms with Crippen molar-refractivity contribution < 1.29 is 10.0 Å². The lowest BCUT2D eigenvalue weighted by Crippen LogP contribution is -2.38. The summed E-state index contributed by atoms with van der Waals surface area (Å²) in [6.45, 7) is 4.23. The summed E-state index contributed by atoms with van der Waals surface area (Å²) < 4.78 is 0. The summed E-state index contributed by atoms with van der Waals surface area (Å²) in [5.41, 5.74) is 0.315. The molecular weight excluding hydrogens is 203 g/mol. The summed E-state index contributed by atoms with van der Waals surface area (Å²) >= 11 is 0. The van der Waals surface area contributed by atoms with Crippen molar-refractivity contribution in [3.05, 3.63) is 18.2 Å². The quantitative estimate of drug-likeness (QED) is 0.688. The van der Waals surface area contributed by atoms with E-state index in [9.17, 15) is 0 Å². The lowest BCUT2D eigenvalue weighted by atomic mass is 9.86. The maximum atomic E-state index is 9.07. The Morgan fingerprint density at radius 3 is 2.94 bits per heavy atom. The number of pyridine rings is 1. The largest absolute Gasteiger partial charge is 0.508 e. The van der Waals surface area contributed by atoms with E-state index in [1.54, 1.807) is 6.07 Å². The van der Waals surface area contributed by atoms with Gasteiger partial charge < -0.3 is 14.9 Å². The zero-order valence-corrected chi connectivity index (χ0v) is 9.50. The van der Waals surface area contributed by atoms with Crippen LogP contribution >= 0.6 is 0 Å². The van der Waals surface area contributed by atoms with Gasteiger partial charge in [0, 0.05) is 13.1 Å². The summed E-state index contributed by atoms with van der Waals surface area (Å²) in [7, 11) is -1.48. The average Bonchev–Trinajstić information content (AvgIpc) is 2.29. The van der Waals surface area contributed by atoms with Crippen molar-refractivity contribution in [2.45, 2.75) is 19.8 Å². The van der Waals surface area contributed by atoms with Gasteiger partial charge in [0.1, 0.15) is 5.82 Å². The number of nitrogens with zero attached hydrogens (tertiary/aromatic N) is 2. The molecule has 0 saturated carbocycles. The lowest BCUT2D eigenvalue weighted by Gasteiger charge is -2.32. The van der Waals surface area contributed by atoms with E-state index < -0.39 is 7.12 Å². The molecule has 0 aromatic carbocycles. The zero-order valence-electron chi connectivity index (χ0n) is 9.50. The normalized spacial score (nSPS) is 20.9. The fraction of sp³-hybridized carbons (Fsp3) is 0.545. The molecule has 0 amide bonds. The van der Waals surface area contributed by atoms with E-state index >= 15 is 0 Å². The molecule has 2 heterocycles. The molecule has 1 aromatic heterocycles. The second-order valence-electron chi connectivity index (χ2n) is 4.49. The first kappa shape index (κ1) is 11.4. The molecule has 16 heavy (non-hydrogen) atoms. The number of rotatable bonds is 2. The second kappa shape index (κ2) is 4.85. The van der Waals surface area contributed by atoms with Crippen LogP contribution in [0.4, 0.5) is 5.82 Å². The third-order valence-corrected chi connectivity index (χ3v) is 3.00. The van der Waals surface area contributed by atoms with Gasteiger partial charge in [-0.15, -0.1) is 0 Å². The van der Waals surface area contributed by atoms with Crippen LogP contribution in [0.1, 0.15) is 19.8 Å². The van der Waals surface area contributed by atoms with Crippen LogP contribution in [-0.4, -0.2) is 35.2 Å². The first-order valence-corrected chi connectivity index (χ1v) is 5.75. The van der Waals surface area contributed by atoms with Crippen LogP contribution in [0.25, 0.3) is 0 Å². The van der Waals surface area contributed by atoms with Crippen molar-refractivity contribution in [2.75, 3.05) is 18.0 Å². The highest BCUT2D eigenvalue weighted by Crippen LogP contribution is 2.20. The van der Waals surface area contributed by atoms with Crippen LogP contribution < -0.4 is 10.5 Å². The van der Waals surface area contributed by atoms with Crippen LogP contribution in [0.2, 0.25) is 0 Å². The Bertz CT molecular complexity index is 360. The van der Waals surface area contributed by atoms with Gasteiger partial charge in [0.2, 0.25) is 0 Å². The van der Waals surface area contributed by atoms with E-state index in [4.69, 9.17) is 10.0 Å². The van der Waals surface area contributed by atoms with Crippen molar-refractivity contribution in [2.24, 2.45) is 5.92 Å². The third kappa shape index (κ3) is 2.54. The van der Waals surface area contributed by atoms with Gasteiger partial charge in [-0.3, -0.25) is 0 Å². The molecule has 1 saturated heterocycles. The predicted molar refractivity (Wildman–Crippen MR) is 64.7 cm³/mol. The summed E-state index contributed by atoms with van der Waals surface area (Å²) in [5.74, 6) is 1.52. The average molecular weight is 220 g/mol. The number of anilines is 1. The Labute approximate surface area is 96.1 Å². The monoisotopic (exact) mass is 220 g/mol. The molecule has 1 unspecified atom stereocenters. The van der Waals surface area contributed by atoms with Crippen LogP contribution in [0.3, 0.4) is 0 Å². The molecule has 1 aliphatic heterocycles. The highest BCUT2D eigenvalue weighted by atomic mass is 16.4. The third-order valence-electron chi connectivity index (χ3n) is 3.00. The van der Waals surface area contributed by atoms with E-state index in [-0.39, 0.29) is 0 Å². The Morgan fingerprint density at radius 1 is 1.44 bits per heavy atom. The molecule has 2 rings (SSSR count). The van der Waals surface area contributed by atoms with E-state index in [0.29, 0.717) is 11.5 Å². The molecule has 4 nitrogen and oxygen atoms in total. The van der Waals surface area contributed by atoms with E-state index in [0.717, 1.165) is 18.9 Å². The van der Waals surface area contributed by atoms with Gasteiger partial charge in [0.05, 0.1) is 5.59 Å². The summed E-state index contributed by atoms with van der Waals surface area (Å²) in [6, 6.07) is 5.36. The maximum Gasteiger partial charge on any atom is 0.508 e. The van der Waals surface area contributed by atoms with Gasteiger partial charge in [-0.05, 0) is 30.9 Å². The summed E-state index contributed by atoms with van der Waals surface area (Å²) in [4.78, 5) is 6.46. The second-order valence-corrected chi connectivity index (χ2v) is 4.49. The van der Waals surface area contributed by atoms with Gasteiger partial charge in [-0.25, -0.2) is 4.98 Å². The van der Waals surface area contributed by atoms with Gasteiger partial charge >= 0.3 is 7.12 Å². The fourth-order valence-corrected chi connectivity index (χ4v) is 2.16. The predicted octanol–water partition coefficient (Wildman–Crippen LogP) is -0.00230. The standard InChI is InChI=1S/C11H17BN2O2/c1-9-4-3-7-14(8-9)11-6-2-5-10(13-11)12(15)16/h2,5-6,9,15-16H,3-4,7-8H2,1H3. The highest BCUT2D eigenvalue weighted by molar-refractivity contribution is 6.57. The topological polar surface area (TPSA) is 56.6 Å². The van der Waals surface area contributed by atoms with Crippen molar-refractivity contribution in [1.29, 1.82) is 0 Å². The summed E-state index contributed by atoms with van der Waals surface area (Å²) in [6.07, 6.45) is 2.44. The lowest BCUT2D eigenvalue weighted by molar-refractivity contribution is 0.423. The van der Waals surface area contributed by atoms with Gasteiger partial charge in [-0.1, -0.05) is 13.0 Å². The molecule has 0 spiro atoms. The van der Waals surface area contributed by atoms with Gasteiger partial charge in [-0.2, -0.15) is 0 Å². The molecule has 0 radical (unpaired) electrons. The van der Waals surface area contributed by atoms with Crippen molar-refractivity contribution in [3.8, 4) is 0 Å². The molecule has 86 valence electrons. The maximum absolute atomic E-state index is 9.07. The van der Waals surface area contributed by atoms with Crippen molar-refractivity contribution in [1.82, 2.24) is 4.98 Å². The van der Waals surface area contributed by atoms with Crippen LogP contribution in [0.5, 0.6) is 0 Å². The Balaban J connectivity index is 2.16. The SMILES string of the molecule is CC1CCCN(c2cccc(B(O)O)n2)C1. The minimum absolute atomic E-state index is 0.315. The molecule has 1 atom stereocenters. The molecule has 0 bridgehead atoms. The molecular formula is C11H17BN2O2. The molecule has 1 aromatic rings. The van der Waals surface area contributed by atoms with Crippen LogP contribution in [0.15, 0.2) is 18.2 Å². The van der Waals surface area contributed by atoms with E-state index in [1.165, 1.54) is 12.8 Å². The van der Waals surface area contributed by atoms with Crippen LogP contribution in [-0.2, 0) is 0 Å². The molecule has 2 N–H and O–H groups in total. The van der Waals surface area contributed by atoms with Crippen LogP contribution in [0, 0.1) is 5.92 Å². The number of piperidine rings is 1. The first-order valence-electron chi connectivity index (χ1n) is 5.75. The van der Waals surface area contributed by atoms with Crippen molar-refractivity contribution >= 4 is 18.5 Å². The molecule has 0 aliphatic carbocycles. The highest BCUT2D eigenvalue weighted by Gasteiger charge is 2.19. The Kier molecular flexibility index (Phi) is 3.46. The molecule has 5 heteroatoms. The first-order chi connectivity index (χ1) is 7.66. The Hall–Kier alpha value is -1.07. The zero-order chi connectivity index (χ0) is 11.5.